The van der Waals surface area contributed by atoms with Gasteiger partial charge >= 0.3 is 0 Å². The number of pyridine rings is 1. The van der Waals surface area contributed by atoms with Crippen LogP contribution in [0.2, 0.25) is 0 Å². The molecule has 0 spiro atoms. The first-order chi connectivity index (χ1) is 9.71. The molecule has 2 rings (SSSR count). The van der Waals surface area contributed by atoms with E-state index in [0.717, 1.165) is 30.6 Å². The first kappa shape index (κ1) is 14.3. The number of nitrogens with one attached hydrogen (secondary N) is 2. The third kappa shape index (κ3) is 2.75. The number of aromatic nitrogens is 2. The van der Waals surface area contributed by atoms with Gasteiger partial charge in [0.2, 0.25) is 0 Å². The summed E-state index contributed by atoms with van der Waals surface area (Å²) in [5, 5.41) is 11.5. The predicted molar refractivity (Wildman–Crippen MR) is 77.0 cm³/mol. The average molecular weight is 276 g/mol. The summed E-state index contributed by atoms with van der Waals surface area (Å²) in [5.74, 6) is 0.219. The molecule has 3 N–H and O–H groups in total. The Hall–Kier alpha value is -2.08. The van der Waals surface area contributed by atoms with Gasteiger partial charge < -0.3 is 5.32 Å². The Morgan fingerprint density at radius 1 is 1.40 bits per heavy atom. The molecule has 6 nitrogen and oxygen atoms in total. The maximum absolute atomic E-state index is 11.1. The van der Waals surface area contributed by atoms with Crippen LogP contribution >= 0.6 is 0 Å². The van der Waals surface area contributed by atoms with Crippen LogP contribution in [-0.4, -0.2) is 27.0 Å². The smallest absolute Gasteiger partial charge is 0.262 e. The second-order valence-corrected chi connectivity index (χ2v) is 4.61. The number of anilines is 1. The number of carbonyl (C=O) groups excluding carboxylic acids is 1. The lowest BCUT2D eigenvalue weighted by molar-refractivity contribution is -0.127. The van der Waals surface area contributed by atoms with Crippen LogP contribution in [0.1, 0.15) is 31.7 Å². The van der Waals surface area contributed by atoms with Gasteiger partial charge in [-0.15, -0.1) is 0 Å². The van der Waals surface area contributed by atoms with Crippen molar-refractivity contribution in [3.05, 3.63) is 29.6 Å². The predicted octanol–water partition coefficient (Wildman–Crippen LogP) is 1.77. The van der Waals surface area contributed by atoms with Gasteiger partial charge in [0.25, 0.3) is 5.91 Å². The lowest BCUT2D eigenvalue weighted by atomic mass is 10.2. The van der Waals surface area contributed by atoms with Gasteiger partial charge in [0.1, 0.15) is 11.5 Å². The molecule has 2 aromatic rings. The zero-order valence-electron chi connectivity index (χ0n) is 11.8. The molecule has 0 bridgehead atoms. The normalized spacial score (nSPS) is 10.8. The summed E-state index contributed by atoms with van der Waals surface area (Å²) in [4.78, 5) is 15.7. The number of rotatable bonds is 6. The van der Waals surface area contributed by atoms with E-state index < -0.39 is 5.91 Å². The number of hydrogen-bond donors (Lipinski definition) is 3. The number of imidazole rings is 1. The van der Waals surface area contributed by atoms with Gasteiger partial charge in [-0.1, -0.05) is 26.3 Å². The van der Waals surface area contributed by atoms with E-state index in [-0.39, 0.29) is 6.54 Å². The van der Waals surface area contributed by atoms with Crippen molar-refractivity contribution in [2.45, 2.75) is 33.1 Å². The minimum atomic E-state index is -0.486. The highest BCUT2D eigenvalue weighted by atomic mass is 16.5. The molecule has 0 aliphatic rings. The second-order valence-electron chi connectivity index (χ2n) is 4.61. The highest BCUT2D eigenvalue weighted by Crippen LogP contribution is 2.21. The number of hydroxylamine groups is 1. The van der Waals surface area contributed by atoms with Crippen LogP contribution in [0.4, 0.5) is 5.82 Å². The van der Waals surface area contributed by atoms with Crippen LogP contribution in [0.3, 0.4) is 0 Å². The van der Waals surface area contributed by atoms with E-state index in [9.17, 15) is 4.79 Å². The Balaban J connectivity index is 2.43. The van der Waals surface area contributed by atoms with Crippen LogP contribution in [0.25, 0.3) is 5.65 Å². The molecular formula is C14H20N4O2. The van der Waals surface area contributed by atoms with E-state index >= 15 is 0 Å². The summed E-state index contributed by atoms with van der Waals surface area (Å²) in [6.45, 7) is 4.22. The highest BCUT2D eigenvalue weighted by molar-refractivity contribution is 5.79. The molecule has 0 aliphatic carbocycles. The van der Waals surface area contributed by atoms with Crippen molar-refractivity contribution >= 4 is 17.4 Å². The van der Waals surface area contributed by atoms with E-state index in [1.807, 2.05) is 12.1 Å². The van der Waals surface area contributed by atoms with Crippen molar-refractivity contribution in [2.75, 3.05) is 11.9 Å². The fourth-order valence-electron chi connectivity index (χ4n) is 2.31. The lowest BCUT2D eigenvalue weighted by Gasteiger charge is -2.08. The third-order valence-electron chi connectivity index (χ3n) is 3.21. The molecule has 2 heterocycles. The third-order valence-corrected chi connectivity index (χ3v) is 3.21. The molecule has 108 valence electrons. The number of fused-ring (bicyclic) bond motifs is 1. The molecular weight excluding hydrogens is 256 g/mol. The molecule has 0 aromatic carbocycles. The molecule has 20 heavy (non-hydrogen) atoms. The Kier molecular flexibility index (Phi) is 4.57. The van der Waals surface area contributed by atoms with E-state index in [1.54, 1.807) is 5.48 Å². The molecule has 0 saturated heterocycles. The van der Waals surface area contributed by atoms with E-state index in [2.05, 4.69) is 34.6 Å². The molecule has 0 unspecified atom stereocenters. The summed E-state index contributed by atoms with van der Waals surface area (Å²) in [5.41, 5.74) is 4.75. The summed E-state index contributed by atoms with van der Waals surface area (Å²) in [7, 11) is 0. The fourth-order valence-corrected chi connectivity index (χ4v) is 2.31. The molecule has 2 aromatic heterocycles. The van der Waals surface area contributed by atoms with E-state index in [0.29, 0.717) is 5.82 Å². The van der Waals surface area contributed by atoms with Crippen LogP contribution in [0, 0.1) is 0 Å². The highest BCUT2D eigenvalue weighted by Gasteiger charge is 2.14. The van der Waals surface area contributed by atoms with Gasteiger partial charge in [-0.3, -0.25) is 14.4 Å². The Labute approximate surface area is 117 Å². The minimum absolute atomic E-state index is 0.00143. The van der Waals surface area contributed by atoms with Gasteiger partial charge in [-0.25, -0.2) is 10.5 Å². The molecule has 0 aliphatic heterocycles. The van der Waals surface area contributed by atoms with Crippen molar-refractivity contribution in [2.24, 2.45) is 0 Å². The van der Waals surface area contributed by atoms with Crippen LogP contribution in [0.5, 0.6) is 0 Å². The lowest BCUT2D eigenvalue weighted by Crippen LogP contribution is -2.27. The molecule has 6 heteroatoms. The van der Waals surface area contributed by atoms with Crippen molar-refractivity contribution in [3.8, 4) is 0 Å². The van der Waals surface area contributed by atoms with Crippen LogP contribution in [-0.2, 0) is 17.6 Å². The molecule has 1 amide bonds. The largest absolute Gasteiger partial charge is 0.359 e. The Morgan fingerprint density at radius 3 is 2.85 bits per heavy atom. The topological polar surface area (TPSA) is 78.7 Å². The van der Waals surface area contributed by atoms with Crippen molar-refractivity contribution < 1.29 is 10.0 Å². The van der Waals surface area contributed by atoms with Crippen LogP contribution < -0.4 is 10.8 Å². The van der Waals surface area contributed by atoms with Gasteiger partial charge in [-0.2, -0.15) is 0 Å². The van der Waals surface area contributed by atoms with Crippen LogP contribution in [0.15, 0.2) is 18.2 Å². The average Bonchev–Trinajstić information content (AvgIpc) is 2.83. The summed E-state index contributed by atoms with van der Waals surface area (Å²) in [6.07, 6.45) is 2.79. The van der Waals surface area contributed by atoms with E-state index in [1.165, 1.54) is 5.69 Å². The maximum Gasteiger partial charge on any atom is 0.262 e. The number of amides is 1. The Morgan fingerprint density at radius 2 is 2.20 bits per heavy atom. The summed E-state index contributed by atoms with van der Waals surface area (Å²) in [6, 6.07) is 6.02. The maximum atomic E-state index is 11.1. The van der Waals surface area contributed by atoms with Gasteiger partial charge in [0.15, 0.2) is 0 Å². The van der Waals surface area contributed by atoms with Crippen molar-refractivity contribution in [3.63, 3.8) is 0 Å². The zero-order valence-corrected chi connectivity index (χ0v) is 11.8. The monoisotopic (exact) mass is 276 g/mol. The first-order valence-corrected chi connectivity index (χ1v) is 6.87. The molecule has 0 atom stereocenters. The number of nitrogens with zero attached hydrogens (tertiary/aromatic N) is 2. The van der Waals surface area contributed by atoms with Crippen molar-refractivity contribution in [1.29, 1.82) is 0 Å². The summed E-state index contributed by atoms with van der Waals surface area (Å²) < 4.78 is 2.14. The van der Waals surface area contributed by atoms with Gasteiger partial charge in [-0.05, 0) is 25.0 Å². The fraction of sp³-hybridized carbons (Fsp3) is 0.429. The molecule has 0 fully saturated rings. The van der Waals surface area contributed by atoms with E-state index in [4.69, 9.17) is 5.21 Å². The first-order valence-electron chi connectivity index (χ1n) is 6.87. The van der Waals surface area contributed by atoms with Crippen molar-refractivity contribution in [1.82, 2.24) is 14.9 Å². The SMILES string of the molecule is CCCc1c(NCC(=O)NO)nc2cccc(CC)n12. The number of aryl methyl sites for hydroxylation is 2. The standard InChI is InChI=1S/C14H20N4O2/c1-3-6-11-14(15-9-13(19)17-20)16-12-8-5-7-10(4-2)18(11)12/h5,7-8,15,20H,3-4,6,9H2,1-2H3,(H,17,19). The second kappa shape index (κ2) is 6.38. The number of hydrogen-bond acceptors (Lipinski definition) is 4. The quantitative estimate of drug-likeness (QED) is 0.555. The minimum Gasteiger partial charge on any atom is -0.359 e. The summed E-state index contributed by atoms with van der Waals surface area (Å²) >= 11 is 0. The van der Waals surface area contributed by atoms with Gasteiger partial charge in [0, 0.05) is 5.69 Å². The number of carbonyl (C=O) groups is 1. The zero-order chi connectivity index (χ0) is 14.5. The molecule has 0 saturated carbocycles. The Bertz CT molecular complexity index is 606. The van der Waals surface area contributed by atoms with Gasteiger partial charge in [0.05, 0.1) is 12.2 Å². The molecule has 0 radical (unpaired) electrons.